The molecule has 23 heavy (non-hydrogen) atoms. The highest BCUT2D eigenvalue weighted by Gasteiger charge is 2.42. The summed E-state index contributed by atoms with van der Waals surface area (Å²) in [6.45, 7) is 4.16. The third kappa shape index (κ3) is 2.56. The number of nitrogens with zero attached hydrogens (tertiary/aromatic N) is 4. The van der Waals surface area contributed by atoms with Gasteiger partial charge in [-0.2, -0.15) is 0 Å². The second kappa shape index (κ2) is 5.64. The van der Waals surface area contributed by atoms with E-state index in [2.05, 4.69) is 50.4 Å². The minimum absolute atomic E-state index is 0.0570. The molecule has 0 aromatic heterocycles. The number of fused-ring (bicyclic) bond motifs is 1. The van der Waals surface area contributed by atoms with Crippen LogP contribution in [-0.2, 0) is 4.84 Å². The number of nitrogens with one attached hydrogen (secondary N) is 2. The monoisotopic (exact) mass is 312 g/mol. The maximum atomic E-state index is 7.57. The van der Waals surface area contributed by atoms with Crippen molar-refractivity contribution in [3.8, 4) is 0 Å². The quantitative estimate of drug-likeness (QED) is 0.498. The molecule has 3 atom stereocenters. The predicted octanol–water partition coefficient (Wildman–Crippen LogP) is 2.17. The summed E-state index contributed by atoms with van der Waals surface area (Å²) in [5.41, 5.74) is 8.21. The molecule has 0 spiro atoms. The van der Waals surface area contributed by atoms with Crippen molar-refractivity contribution in [2.45, 2.75) is 12.5 Å². The molecule has 4 rings (SSSR count). The molecule has 0 bridgehead atoms. The molecular formula is C16H20N6O. The average Bonchev–Trinajstić information content (AvgIpc) is 3.28. The van der Waals surface area contributed by atoms with E-state index in [-0.39, 0.29) is 5.84 Å². The zero-order valence-electron chi connectivity index (χ0n) is 12.9. The Labute approximate surface area is 134 Å². The molecule has 0 aliphatic carbocycles. The molecule has 2 fully saturated rings. The van der Waals surface area contributed by atoms with Crippen LogP contribution in [0.25, 0.3) is 0 Å². The van der Waals surface area contributed by atoms with Crippen LogP contribution < -0.4 is 4.90 Å². The number of oxime groups is 1. The van der Waals surface area contributed by atoms with Crippen LogP contribution in [0.3, 0.4) is 0 Å². The fraction of sp³-hybridized carbons (Fsp3) is 0.500. The highest BCUT2D eigenvalue weighted by molar-refractivity contribution is 5.93. The minimum atomic E-state index is -0.483. The van der Waals surface area contributed by atoms with Gasteiger partial charge in [-0.25, -0.2) is 5.53 Å². The van der Waals surface area contributed by atoms with E-state index in [0.29, 0.717) is 18.3 Å². The summed E-state index contributed by atoms with van der Waals surface area (Å²) in [6.07, 6.45) is 0.0760. The average molecular weight is 312 g/mol. The Morgan fingerprint density at radius 2 is 1.74 bits per heavy atom. The predicted molar refractivity (Wildman–Crippen MR) is 87.0 cm³/mol. The third-order valence-electron chi connectivity index (χ3n) is 5.05. The highest BCUT2D eigenvalue weighted by atomic mass is 16.6. The number of anilines is 1. The van der Waals surface area contributed by atoms with Gasteiger partial charge in [0.15, 0.2) is 11.9 Å². The first-order valence-electron chi connectivity index (χ1n) is 7.98. The minimum Gasteiger partial charge on any atom is -0.382 e. The normalized spacial score (nSPS) is 29.2. The Kier molecular flexibility index (Phi) is 3.48. The second-order valence-corrected chi connectivity index (χ2v) is 6.47. The van der Waals surface area contributed by atoms with Crippen molar-refractivity contribution in [1.29, 1.82) is 10.9 Å². The molecule has 3 heterocycles. The van der Waals surface area contributed by atoms with E-state index in [4.69, 9.17) is 15.8 Å². The maximum absolute atomic E-state index is 7.57. The van der Waals surface area contributed by atoms with Crippen molar-refractivity contribution in [2.75, 3.05) is 31.1 Å². The van der Waals surface area contributed by atoms with Crippen molar-refractivity contribution < 1.29 is 4.84 Å². The molecule has 2 saturated heterocycles. The van der Waals surface area contributed by atoms with Crippen molar-refractivity contribution >= 4 is 17.4 Å². The molecule has 1 aromatic carbocycles. The van der Waals surface area contributed by atoms with Gasteiger partial charge in [0.05, 0.1) is 6.42 Å². The first-order chi connectivity index (χ1) is 11.2. The molecule has 3 unspecified atom stereocenters. The summed E-state index contributed by atoms with van der Waals surface area (Å²) >= 11 is 0. The number of hydrogen-bond acceptors (Lipinski definition) is 6. The number of amidine groups is 2. The van der Waals surface area contributed by atoms with Gasteiger partial charge in [-0.15, -0.1) is 5.11 Å². The van der Waals surface area contributed by atoms with Crippen LogP contribution in [0.4, 0.5) is 5.69 Å². The molecule has 1 aromatic rings. The van der Waals surface area contributed by atoms with Crippen LogP contribution in [0.2, 0.25) is 0 Å². The van der Waals surface area contributed by atoms with E-state index >= 15 is 0 Å². The van der Waals surface area contributed by atoms with Crippen LogP contribution >= 0.6 is 0 Å². The van der Waals surface area contributed by atoms with E-state index in [0.717, 1.165) is 32.0 Å². The van der Waals surface area contributed by atoms with Gasteiger partial charge in [0.25, 0.3) is 0 Å². The summed E-state index contributed by atoms with van der Waals surface area (Å²) in [5.74, 6) is 2.15. The maximum Gasteiger partial charge on any atom is 0.195 e. The summed E-state index contributed by atoms with van der Waals surface area (Å²) in [7, 11) is 0. The van der Waals surface area contributed by atoms with Gasteiger partial charge in [0, 0.05) is 43.7 Å². The van der Waals surface area contributed by atoms with Gasteiger partial charge >= 0.3 is 0 Å². The zero-order valence-corrected chi connectivity index (χ0v) is 12.9. The lowest BCUT2D eigenvalue weighted by Crippen LogP contribution is -2.33. The number of rotatable bonds is 2. The van der Waals surface area contributed by atoms with Crippen LogP contribution in [0, 0.1) is 22.8 Å². The molecule has 0 saturated carbocycles. The van der Waals surface area contributed by atoms with E-state index in [1.807, 2.05) is 0 Å². The number of benzene rings is 1. The SMILES string of the molecule is N=NC(=N)C1CC(N2CC3CN(c4ccccc4)CC3C2)=NO1. The standard InChI is InChI=1S/C16H20N6O/c17-16(19-18)14-6-15(20-23-14)22-9-11-7-21(8-12(11)10-22)13-4-2-1-3-5-13/h1-5,11-12,14,17-18H,6-10H2. The molecular weight excluding hydrogens is 292 g/mol. The van der Waals surface area contributed by atoms with Gasteiger partial charge in [-0.3, -0.25) is 5.41 Å². The topological polar surface area (TPSA) is 88.1 Å². The summed E-state index contributed by atoms with van der Waals surface area (Å²) < 4.78 is 0. The van der Waals surface area contributed by atoms with Crippen LogP contribution in [0.15, 0.2) is 40.6 Å². The van der Waals surface area contributed by atoms with Crippen molar-refractivity contribution in [3.05, 3.63) is 30.3 Å². The van der Waals surface area contributed by atoms with Gasteiger partial charge in [0.2, 0.25) is 0 Å². The fourth-order valence-electron chi connectivity index (χ4n) is 3.82. The molecule has 0 amide bonds. The molecule has 0 radical (unpaired) electrons. The Hall–Kier alpha value is -2.44. The van der Waals surface area contributed by atoms with E-state index in [9.17, 15) is 0 Å². The highest BCUT2D eigenvalue weighted by Crippen LogP contribution is 2.35. The molecule has 2 N–H and O–H groups in total. The van der Waals surface area contributed by atoms with Crippen molar-refractivity contribution in [2.24, 2.45) is 22.1 Å². The Bertz CT molecular complexity index is 631. The third-order valence-corrected chi connectivity index (χ3v) is 5.05. The lowest BCUT2D eigenvalue weighted by Gasteiger charge is -2.23. The zero-order chi connectivity index (χ0) is 15.8. The van der Waals surface area contributed by atoms with E-state index in [1.165, 1.54) is 5.69 Å². The lowest BCUT2D eigenvalue weighted by molar-refractivity contribution is 0.131. The van der Waals surface area contributed by atoms with Crippen LogP contribution in [0.1, 0.15) is 6.42 Å². The first kappa shape index (κ1) is 14.2. The molecule has 120 valence electrons. The number of likely N-dealkylation sites (tertiary alicyclic amines) is 1. The van der Waals surface area contributed by atoms with Gasteiger partial charge < -0.3 is 14.6 Å². The molecule has 3 aliphatic rings. The fourth-order valence-corrected chi connectivity index (χ4v) is 3.82. The summed E-state index contributed by atoms with van der Waals surface area (Å²) in [5, 5.41) is 14.8. The Morgan fingerprint density at radius 3 is 2.39 bits per heavy atom. The van der Waals surface area contributed by atoms with Crippen LogP contribution in [0.5, 0.6) is 0 Å². The van der Waals surface area contributed by atoms with Crippen molar-refractivity contribution in [1.82, 2.24) is 4.90 Å². The molecule has 7 nitrogen and oxygen atoms in total. The van der Waals surface area contributed by atoms with Crippen LogP contribution in [-0.4, -0.2) is 48.9 Å². The first-order valence-corrected chi connectivity index (χ1v) is 7.98. The Morgan fingerprint density at radius 1 is 1.09 bits per heavy atom. The van der Waals surface area contributed by atoms with Gasteiger partial charge in [-0.05, 0) is 12.1 Å². The molecule has 3 aliphatic heterocycles. The van der Waals surface area contributed by atoms with Gasteiger partial charge in [0.1, 0.15) is 5.84 Å². The number of hydrogen-bond donors (Lipinski definition) is 2. The molecule has 7 heteroatoms. The second-order valence-electron chi connectivity index (χ2n) is 6.47. The van der Waals surface area contributed by atoms with Crippen molar-refractivity contribution in [3.63, 3.8) is 0 Å². The summed E-state index contributed by atoms with van der Waals surface area (Å²) in [6, 6.07) is 10.6. The van der Waals surface area contributed by atoms with E-state index < -0.39 is 6.10 Å². The summed E-state index contributed by atoms with van der Waals surface area (Å²) in [4.78, 5) is 10.00. The number of para-hydroxylation sites is 1. The largest absolute Gasteiger partial charge is 0.382 e. The Balaban J connectivity index is 1.36. The lowest BCUT2D eigenvalue weighted by atomic mass is 10.0. The smallest absolute Gasteiger partial charge is 0.195 e. The van der Waals surface area contributed by atoms with E-state index in [1.54, 1.807) is 0 Å². The van der Waals surface area contributed by atoms with Gasteiger partial charge in [-0.1, -0.05) is 23.4 Å².